The fraction of sp³-hybridized carbons (Fsp3) is 0.111. The van der Waals surface area contributed by atoms with Gasteiger partial charge in [0.15, 0.2) is 0 Å². The fourth-order valence-corrected chi connectivity index (χ4v) is 2.07. The number of allylic oxidation sites excluding steroid dienone is 1. The minimum absolute atomic E-state index is 0.558. The van der Waals surface area contributed by atoms with E-state index < -0.39 is 0 Å². The largest absolute Gasteiger partial charge is 0.458 e. The number of aryl methyl sites for hydroxylation is 2. The van der Waals surface area contributed by atoms with E-state index in [0.717, 1.165) is 5.75 Å². The lowest BCUT2D eigenvalue weighted by atomic mass is 9.97. The van der Waals surface area contributed by atoms with Crippen LogP contribution in [-0.2, 0) is 0 Å². The van der Waals surface area contributed by atoms with Gasteiger partial charge in [-0.05, 0) is 54.3 Å². The lowest BCUT2D eigenvalue weighted by Gasteiger charge is -2.12. The van der Waals surface area contributed by atoms with Gasteiger partial charge in [0.05, 0.1) is 0 Å². The Morgan fingerprint density at radius 1 is 1.00 bits per heavy atom. The zero-order chi connectivity index (χ0) is 13.8. The van der Waals surface area contributed by atoms with E-state index in [1.807, 2.05) is 12.1 Å². The van der Waals surface area contributed by atoms with Crippen molar-refractivity contribution in [1.29, 1.82) is 0 Å². The first-order chi connectivity index (χ1) is 9.11. The van der Waals surface area contributed by atoms with Crippen LogP contribution in [0.4, 0.5) is 0 Å². The minimum atomic E-state index is 0.558. The van der Waals surface area contributed by atoms with E-state index in [2.05, 4.69) is 57.3 Å². The van der Waals surface area contributed by atoms with E-state index in [1.165, 1.54) is 22.3 Å². The summed E-state index contributed by atoms with van der Waals surface area (Å²) in [5.74, 6) is 1.35. The van der Waals surface area contributed by atoms with Crippen LogP contribution in [-0.4, -0.2) is 0 Å². The Morgan fingerprint density at radius 3 is 2.32 bits per heavy atom. The molecule has 0 aliphatic rings. The molecule has 2 aromatic carbocycles. The van der Waals surface area contributed by atoms with Crippen molar-refractivity contribution in [3.05, 3.63) is 78.6 Å². The van der Waals surface area contributed by atoms with Crippen LogP contribution in [0.15, 0.2) is 67.5 Å². The molecule has 1 heteroatoms. The monoisotopic (exact) mass is 250 g/mol. The van der Waals surface area contributed by atoms with E-state index >= 15 is 0 Å². The van der Waals surface area contributed by atoms with Gasteiger partial charge in [0.2, 0.25) is 0 Å². The molecule has 0 N–H and O–H groups in total. The molecule has 0 bridgehead atoms. The van der Waals surface area contributed by atoms with Crippen molar-refractivity contribution >= 4 is 0 Å². The first-order valence-electron chi connectivity index (χ1n) is 6.27. The quantitative estimate of drug-likeness (QED) is 0.545. The third kappa shape index (κ3) is 2.94. The van der Waals surface area contributed by atoms with Crippen molar-refractivity contribution < 1.29 is 4.74 Å². The SMILES string of the molecule is C=CC(=C)Oc1ccc(-c2ccccc2C)c(C)c1. The van der Waals surface area contributed by atoms with E-state index in [-0.39, 0.29) is 0 Å². The van der Waals surface area contributed by atoms with Gasteiger partial charge < -0.3 is 4.74 Å². The second-order valence-electron chi connectivity index (χ2n) is 4.56. The maximum absolute atomic E-state index is 5.55. The van der Waals surface area contributed by atoms with Gasteiger partial charge in [0, 0.05) is 0 Å². The van der Waals surface area contributed by atoms with Gasteiger partial charge in [0.25, 0.3) is 0 Å². The summed E-state index contributed by atoms with van der Waals surface area (Å²) >= 11 is 0. The third-order valence-corrected chi connectivity index (χ3v) is 3.11. The molecule has 0 saturated heterocycles. The van der Waals surface area contributed by atoms with Crippen molar-refractivity contribution in [3.63, 3.8) is 0 Å². The summed E-state index contributed by atoms with van der Waals surface area (Å²) in [6, 6.07) is 14.5. The molecule has 0 heterocycles. The Morgan fingerprint density at radius 2 is 1.68 bits per heavy atom. The molecule has 96 valence electrons. The first kappa shape index (κ1) is 13.2. The molecule has 0 amide bonds. The predicted octanol–water partition coefficient (Wildman–Crippen LogP) is 5.05. The smallest absolute Gasteiger partial charge is 0.127 e. The van der Waals surface area contributed by atoms with Crippen LogP contribution in [0.3, 0.4) is 0 Å². The van der Waals surface area contributed by atoms with Crippen molar-refractivity contribution in [2.24, 2.45) is 0 Å². The van der Waals surface area contributed by atoms with Crippen LogP contribution in [0.1, 0.15) is 11.1 Å². The topological polar surface area (TPSA) is 9.23 Å². The van der Waals surface area contributed by atoms with Crippen LogP contribution in [0.25, 0.3) is 11.1 Å². The minimum Gasteiger partial charge on any atom is -0.458 e. The molecule has 0 aliphatic heterocycles. The summed E-state index contributed by atoms with van der Waals surface area (Å²) < 4.78 is 5.55. The highest BCUT2D eigenvalue weighted by Crippen LogP contribution is 2.29. The molecule has 0 aromatic heterocycles. The van der Waals surface area contributed by atoms with Gasteiger partial charge in [0.1, 0.15) is 11.5 Å². The Hall–Kier alpha value is -2.28. The summed E-state index contributed by atoms with van der Waals surface area (Å²) in [5, 5.41) is 0. The zero-order valence-electron chi connectivity index (χ0n) is 11.4. The summed E-state index contributed by atoms with van der Waals surface area (Å²) in [6.07, 6.45) is 1.60. The second kappa shape index (κ2) is 5.57. The lowest BCUT2D eigenvalue weighted by molar-refractivity contribution is 0.447. The van der Waals surface area contributed by atoms with Crippen LogP contribution in [0, 0.1) is 13.8 Å². The van der Waals surface area contributed by atoms with Crippen LogP contribution in [0.5, 0.6) is 5.75 Å². The van der Waals surface area contributed by atoms with E-state index in [9.17, 15) is 0 Å². The molecule has 1 nitrogen and oxygen atoms in total. The van der Waals surface area contributed by atoms with Crippen LogP contribution in [0.2, 0.25) is 0 Å². The molecule has 0 radical (unpaired) electrons. The Balaban J connectivity index is 2.37. The van der Waals surface area contributed by atoms with E-state index in [4.69, 9.17) is 4.74 Å². The average Bonchev–Trinajstić information content (AvgIpc) is 2.40. The summed E-state index contributed by atoms with van der Waals surface area (Å²) in [7, 11) is 0. The molecular weight excluding hydrogens is 232 g/mol. The lowest BCUT2D eigenvalue weighted by Crippen LogP contribution is -1.92. The molecule has 19 heavy (non-hydrogen) atoms. The number of hydrogen-bond acceptors (Lipinski definition) is 1. The van der Waals surface area contributed by atoms with Crippen molar-refractivity contribution in [3.8, 4) is 16.9 Å². The molecule has 2 rings (SSSR count). The van der Waals surface area contributed by atoms with Crippen molar-refractivity contribution in [1.82, 2.24) is 0 Å². The number of benzene rings is 2. The molecule has 0 saturated carbocycles. The van der Waals surface area contributed by atoms with Crippen molar-refractivity contribution in [2.75, 3.05) is 0 Å². The normalized spacial score (nSPS) is 10.0. The Labute approximate surface area is 114 Å². The van der Waals surface area contributed by atoms with Gasteiger partial charge >= 0.3 is 0 Å². The highest BCUT2D eigenvalue weighted by molar-refractivity contribution is 5.71. The van der Waals surface area contributed by atoms with Gasteiger partial charge in [-0.25, -0.2) is 0 Å². The maximum atomic E-state index is 5.55. The summed E-state index contributed by atoms with van der Waals surface area (Å²) in [5.41, 5.74) is 4.95. The molecule has 0 spiro atoms. The molecular formula is C18H18O. The molecule has 0 aliphatic carbocycles. The summed E-state index contributed by atoms with van der Waals surface area (Å²) in [6.45, 7) is 11.6. The standard InChI is InChI=1S/C18H18O/c1-5-15(4)19-16-10-11-18(14(3)12-16)17-9-7-6-8-13(17)2/h5-12H,1,4H2,2-3H3. The van der Waals surface area contributed by atoms with Crippen LogP contribution >= 0.6 is 0 Å². The zero-order valence-corrected chi connectivity index (χ0v) is 11.4. The summed E-state index contributed by atoms with van der Waals surface area (Å²) in [4.78, 5) is 0. The number of hydrogen-bond donors (Lipinski definition) is 0. The maximum Gasteiger partial charge on any atom is 0.127 e. The predicted molar refractivity (Wildman–Crippen MR) is 81.3 cm³/mol. The van der Waals surface area contributed by atoms with Crippen LogP contribution < -0.4 is 4.74 Å². The average molecular weight is 250 g/mol. The van der Waals surface area contributed by atoms with Gasteiger partial charge in [-0.2, -0.15) is 0 Å². The van der Waals surface area contributed by atoms with E-state index in [1.54, 1.807) is 6.08 Å². The van der Waals surface area contributed by atoms with Crippen molar-refractivity contribution in [2.45, 2.75) is 13.8 Å². The van der Waals surface area contributed by atoms with E-state index in [0.29, 0.717) is 5.76 Å². The second-order valence-corrected chi connectivity index (χ2v) is 4.56. The number of rotatable bonds is 4. The highest BCUT2D eigenvalue weighted by atomic mass is 16.5. The van der Waals surface area contributed by atoms with Gasteiger partial charge in [-0.1, -0.05) is 43.5 Å². The number of ether oxygens (including phenoxy) is 1. The Bertz CT molecular complexity index is 623. The van der Waals surface area contributed by atoms with Gasteiger partial charge in [-0.3, -0.25) is 0 Å². The molecule has 2 aromatic rings. The molecule has 0 atom stereocenters. The van der Waals surface area contributed by atoms with Gasteiger partial charge in [-0.15, -0.1) is 0 Å². The Kier molecular flexibility index (Phi) is 3.86. The molecule has 0 fully saturated rings. The fourth-order valence-electron chi connectivity index (χ4n) is 2.07. The first-order valence-corrected chi connectivity index (χ1v) is 6.27. The highest BCUT2D eigenvalue weighted by Gasteiger charge is 2.06. The molecule has 0 unspecified atom stereocenters. The third-order valence-electron chi connectivity index (χ3n) is 3.11.